The lowest BCUT2D eigenvalue weighted by Gasteiger charge is -2.36. The first-order valence-electron chi connectivity index (χ1n) is 13.3. The van der Waals surface area contributed by atoms with Crippen LogP contribution in [0.3, 0.4) is 0 Å². The number of amides is 1. The topological polar surface area (TPSA) is 106 Å². The summed E-state index contributed by atoms with van der Waals surface area (Å²) in [6.07, 6.45) is 2.43. The minimum atomic E-state index is -1.32. The molecule has 1 fully saturated rings. The molecule has 7 rings (SSSR count). The van der Waals surface area contributed by atoms with Gasteiger partial charge in [-0.05, 0) is 54.2 Å². The number of carbonyl (C=O) groups excluding carboxylic acids is 1. The second-order valence-corrected chi connectivity index (χ2v) is 10.5. The molecule has 9 nitrogen and oxygen atoms in total. The van der Waals surface area contributed by atoms with Gasteiger partial charge >= 0.3 is 5.97 Å². The van der Waals surface area contributed by atoms with Crippen molar-refractivity contribution in [1.29, 1.82) is 0 Å². The van der Waals surface area contributed by atoms with Crippen LogP contribution in [0.5, 0.6) is 0 Å². The van der Waals surface area contributed by atoms with Crippen LogP contribution in [0.25, 0.3) is 22.7 Å². The summed E-state index contributed by atoms with van der Waals surface area (Å²) >= 11 is 0. The third-order valence-electron chi connectivity index (χ3n) is 8.04. The molecule has 2 aliphatic rings. The molecule has 1 saturated carbocycles. The Balaban J connectivity index is 1.28. The average Bonchev–Trinajstić information content (AvgIpc) is 3.38. The molecule has 41 heavy (non-hydrogen) atoms. The Bertz CT molecular complexity index is 1840. The van der Waals surface area contributed by atoms with Crippen molar-refractivity contribution in [3.8, 4) is 17.1 Å². The lowest BCUT2D eigenvalue weighted by molar-refractivity contribution is -0.138. The maximum Gasteiger partial charge on any atom is 0.307 e. The van der Waals surface area contributed by atoms with E-state index in [1.165, 1.54) is 26.2 Å². The first-order chi connectivity index (χ1) is 19.8. The van der Waals surface area contributed by atoms with Gasteiger partial charge in [-0.2, -0.15) is 14.7 Å². The fourth-order valence-electron chi connectivity index (χ4n) is 5.75. The number of benzene rings is 2. The van der Waals surface area contributed by atoms with Gasteiger partial charge in [0.25, 0.3) is 5.91 Å². The molecule has 1 aliphatic heterocycles. The summed E-state index contributed by atoms with van der Waals surface area (Å²) in [7, 11) is 0. The number of carboxylic acid groups (broad SMARTS) is 1. The van der Waals surface area contributed by atoms with Gasteiger partial charge in [0.2, 0.25) is 0 Å². The van der Waals surface area contributed by atoms with Gasteiger partial charge in [0.1, 0.15) is 17.7 Å². The summed E-state index contributed by atoms with van der Waals surface area (Å²) in [5, 5.41) is 18.1. The quantitative estimate of drug-likeness (QED) is 0.323. The third-order valence-corrected chi connectivity index (χ3v) is 8.04. The fourth-order valence-corrected chi connectivity index (χ4v) is 5.75. The van der Waals surface area contributed by atoms with Gasteiger partial charge < -0.3 is 10.0 Å². The van der Waals surface area contributed by atoms with E-state index in [0.717, 1.165) is 5.56 Å². The molecule has 1 amide bonds. The molecule has 0 spiro atoms. The zero-order chi connectivity index (χ0) is 28.4. The van der Waals surface area contributed by atoms with Crippen molar-refractivity contribution < 1.29 is 23.5 Å². The minimum Gasteiger partial charge on any atom is -0.481 e. The molecule has 3 aromatic heterocycles. The van der Waals surface area contributed by atoms with Crippen molar-refractivity contribution >= 4 is 17.5 Å². The van der Waals surface area contributed by atoms with Crippen molar-refractivity contribution in [3.05, 3.63) is 101 Å². The van der Waals surface area contributed by atoms with Gasteiger partial charge in [-0.15, -0.1) is 0 Å². The number of aliphatic carboxylic acids is 1. The molecule has 0 unspecified atom stereocenters. The number of halogens is 2. The normalized spacial score (nSPS) is 21.6. The monoisotopic (exact) mass is 554 g/mol. The molecule has 4 heterocycles. The first-order valence-corrected chi connectivity index (χ1v) is 13.3. The lowest BCUT2D eigenvalue weighted by Crippen LogP contribution is -2.40. The first kappa shape index (κ1) is 25.1. The maximum absolute atomic E-state index is 15.3. The van der Waals surface area contributed by atoms with E-state index in [9.17, 15) is 14.7 Å². The molecule has 0 bridgehead atoms. The maximum atomic E-state index is 15.3. The summed E-state index contributed by atoms with van der Waals surface area (Å²) in [6, 6.07) is 16.3. The highest BCUT2D eigenvalue weighted by Crippen LogP contribution is 2.48. The molecule has 5 aromatic rings. The van der Waals surface area contributed by atoms with E-state index in [1.54, 1.807) is 48.8 Å². The van der Waals surface area contributed by atoms with Gasteiger partial charge in [0.05, 0.1) is 24.2 Å². The Morgan fingerprint density at radius 3 is 2.56 bits per heavy atom. The smallest absolute Gasteiger partial charge is 0.307 e. The van der Waals surface area contributed by atoms with Crippen molar-refractivity contribution in [2.75, 3.05) is 6.54 Å². The molecular weight excluding hydrogens is 530 g/mol. The zero-order valence-corrected chi connectivity index (χ0v) is 21.9. The minimum absolute atomic E-state index is 0.0807. The summed E-state index contributed by atoms with van der Waals surface area (Å²) in [6.45, 7) is 1.76. The highest BCUT2D eigenvalue weighted by molar-refractivity contribution is 5.94. The van der Waals surface area contributed by atoms with Crippen molar-refractivity contribution in [2.24, 2.45) is 5.92 Å². The van der Waals surface area contributed by atoms with E-state index in [-0.39, 0.29) is 41.1 Å². The Hall–Kier alpha value is -4.93. The Kier molecular flexibility index (Phi) is 5.70. The second-order valence-electron chi connectivity index (χ2n) is 10.5. The molecule has 0 saturated heterocycles. The van der Waals surface area contributed by atoms with E-state index in [4.69, 9.17) is 0 Å². The lowest BCUT2D eigenvalue weighted by atomic mass is 9.92. The van der Waals surface area contributed by atoms with Gasteiger partial charge in [-0.1, -0.05) is 30.3 Å². The number of carbonyl (C=O) groups is 2. The van der Waals surface area contributed by atoms with Crippen LogP contribution in [0.15, 0.2) is 73.1 Å². The van der Waals surface area contributed by atoms with Crippen molar-refractivity contribution in [2.45, 2.75) is 31.5 Å². The van der Waals surface area contributed by atoms with E-state index < -0.39 is 29.8 Å². The average molecular weight is 555 g/mol. The number of hydrogen-bond donors (Lipinski definition) is 1. The number of alkyl halides is 1. The number of hydrogen-bond acceptors (Lipinski definition) is 5. The van der Waals surface area contributed by atoms with Crippen LogP contribution in [-0.2, 0) is 4.79 Å². The number of carboxylic acids is 1. The molecule has 11 heteroatoms. The van der Waals surface area contributed by atoms with E-state index in [0.29, 0.717) is 23.4 Å². The van der Waals surface area contributed by atoms with E-state index in [1.807, 2.05) is 19.1 Å². The van der Waals surface area contributed by atoms with Crippen LogP contribution in [0.2, 0.25) is 0 Å². The van der Waals surface area contributed by atoms with Crippen LogP contribution >= 0.6 is 0 Å². The van der Waals surface area contributed by atoms with E-state index >= 15 is 8.78 Å². The Labute approximate surface area is 232 Å². The number of fused-ring (bicyclic) bond motifs is 2. The van der Waals surface area contributed by atoms with Gasteiger partial charge in [-0.25, -0.2) is 18.4 Å². The molecule has 2 aromatic carbocycles. The Morgan fingerprint density at radius 2 is 1.85 bits per heavy atom. The van der Waals surface area contributed by atoms with Crippen LogP contribution in [0, 0.1) is 11.7 Å². The number of aromatic nitrogens is 5. The predicted molar refractivity (Wildman–Crippen MR) is 144 cm³/mol. The SMILES string of the molecule is C[C@@H]1c2ccccc2[C@@H](F)CN1C(=O)c1cc(-n2cccn2)n2nc(-c3ccc([C@H]4C[C@@H]4C(=O)O)cc3F)cc2n1. The molecule has 1 N–H and O–H groups in total. The number of nitrogens with zero attached hydrogens (tertiary/aromatic N) is 6. The van der Waals surface area contributed by atoms with Crippen LogP contribution < -0.4 is 0 Å². The largest absolute Gasteiger partial charge is 0.481 e. The molecule has 0 radical (unpaired) electrons. The van der Waals surface area contributed by atoms with Crippen LogP contribution in [-0.4, -0.2) is 52.8 Å². The molecule has 206 valence electrons. The number of rotatable bonds is 5. The third kappa shape index (κ3) is 4.16. The second kappa shape index (κ2) is 9.33. The summed E-state index contributed by atoms with van der Waals surface area (Å²) in [4.78, 5) is 31.0. The standard InChI is InChI=1S/C30H24F2N6O3/c1-16-18-5-2-3-6-19(18)24(32)15-36(16)29(39)26-14-28(37-10-4-9-33-37)38-27(34-26)13-25(35-38)20-8-7-17(11-23(20)31)21-12-22(21)30(40)41/h2-11,13-14,16,21-22,24H,12,15H2,1H3,(H,40,41)/t16-,21-,22+,24+/m1/s1. The predicted octanol–water partition coefficient (Wildman–Crippen LogP) is 5.14. The van der Waals surface area contributed by atoms with E-state index in [2.05, 4.69) is 15.2 Å². The molecule has 1 aliphatic carbocycles. The summed E-state index contributed by atoms with van der Waals surface area (Å²) in [5.74, 6) is -2.15. The fraction of sp³-hybridized carbons (Fsp3) is 0.233. The molecule has 4 atom stereocenters. The zero-order valence-electron chi connectivity index (χ0n) is 21.9. The highest BCUT2D eigenvalue weighted by Gasteiger charge is 2.44. The van der Waals surface area contributed by atoms with Gasteiger partial charge in [0.15, 0.2) is 11.5 Å². The summed E-state index contributed by atoms with van der Waals surface area (Å²) in [5.41, 5.74) is 2.83. The Morgan fingerprint density at radius 1 is 1.05 bits per heavy atom. The van der Waals surface area contributed by atoms with Gasteiger partial charge in [-0.3, -0.25) is 9.59 Å². The van der Waals surface area contributed by atoms with Crippen LogP contribution in [0.4, 0.5) is 8.78 Å². The van der Waals surface area contributed by atoms with Gasteiger partial charge in [0, 0.05) is 30.1 Å². The summed E-state index contributed by atoms with van der Waals surface area (Å²) < 4.78 is 33.4. The van der Waals surface area contributed by atoms with Crippen molar-refractivity contribution in [3.63, 3.8) is 0 Å². The van der Waals surface area contributed by atoms with Crippen LogP contribution in [0.1, 0.15) is 58.7 Å². The highest BCUT2D eigenvalue weighted by atomic mass is 19.1. The van der Waals surface area contributed by atoms with Crippen molar-refractivity contribution in [1.82, 2.24) is 29.3 Å². The molecular formula is C30H24F2N6O3.